The number of nitrogens with two attached hydrogens (primary N) is 2. The maximum Gasteiger partial charge on any atom is 0.0568 e. The molecule has 1 saturated heterocycles. The summed E-state index contributed by atoms with van der Waals surface area (Å²) in [5.41, 5.74) is 14.2. The van der Waals surface area contributed by atoms with E-state index in [0.717, 1.165) is 24.9 Å². The van der Waals surface area contributed by atoms with Crippen LogP contribution in [0, 0.1) is 11.8 Å². The first kappa shape index (κ1) is 15.7. The van der Waals surface area contributed by atoms with Crippen LogP contribution >= 0.6 is 0 Å². The van der Waals surface area contributed by atoms with Gasteiger partial charge in [0.1, 0.15) is 0 Å². The van der Waals surface area contributed by atoms with Crippen LogP contribution in [0.3, 0.4) is 0 Å². The number of rotatable bonds is 2. The van der Waals surface area contributed by atoms with E-state index >= 15 is 0 Å². The standard InChI is InChI=1S/C14H23N3.C2H6/c1-10(2)11-5-7-17(8-6-11)12-3-4-13(15)14(16)9-12;1-2/h3-4,9-11H,5-8,15-16H2,1-2H3;1-2H3. The summed E-state index contributed by atoms with van der Waals surface area (Å²) in [6, 6.07) is 5.96. The highest BCUT2D eigenvalue weighted by atomic mass is 15.1. The van der Waals surface area contributed by atoms with Crippen LogP contribution in [0.4, 0.5) is 17.1 Å². The van der Waals surface area contributed by atoms with Crippen LogP contribution in [0.15, 0.2) is 18.2 Å². The van der Waals surface area contributed by atoms with Crippen LogP contribution in [-0.4, -0.2) is 13.1 Å². The van der Waals surface area contributed by atoms with Crippen LogP contribution in [0.1, 0.15) is 40.5 Å². The van der Waals surface area contributed by atoms with Crippen LogP contribution in [0.25, 0.3) is 0 Å². The first-order valence-electron chi connectivity index (χ1n) is 7.48. The summed E-state index contributed by atoms with van der Waals surface area (Å²) >= 11 is 0. The fourth-order valence-corrected chi connectivity index (χ4v) is 2.58. The van der Waals surface area contributed by atoms with Crippen LogP contribution in [0.5, 0.6) is 0 Å². The summed E-state index contributed by atoms with van der Waals surface area (Å²) in [7, 11) is 0. The van der Waals surface area contributed by atoms with E-state index in [4.69, 9.17) is 11.5 Å². The SMILES string of the molecule is CC.CC(C)C1CCN(c2ccc(N)c(N)c2)CC1. The van der Waals surface area contributed by atoms with Crippen molar-refractivity contribution in [1.29, 1.82) is 0 Å². The molecule has 1 aromatic carbocycles. The van der Waals surface area contributed by atoms with E-state index in [1.165, 1.54) is 18.5 Å². The Labute approximate surface area is 118 Å². The van der Waals surface area contributed by atoms with Crippen molar-refractivity contribution < 1.29 is 0 Å². The van der Waals surface area contributed by atoms with Gasteiger partial charge in [-0.25, -0.2) is 0 Å². The van der Waals surface area contributed by atoms with E-state index in [2.05, 4.69) is 24.8 Å². The van der Waals surface area contributed by atoms with Gasteiger partial charge in [-0.05, 0) is 42.9 Å². The number of hydrogen-bond donors (Lipinski definition) is 2. The Morgan fingerprint density at radius 3 is 2.11 bits per heavy atom. The third kappa shape index (κ3) is 4.05. The van der Waals surface area contributed by atoms with Gasteiger partial charge in [0, 0.05) is 18.8 Å². The predicted octanol–water partition coefficient (Wildman–Crippen LogP) is 3.75. The average molecular weight is 263 g/mol. The van der Waals surface area contributed by atoms with Gasteiger partial charge in [0.05, 0.1) is 11.4 Å². The molecule has 1 aliphatic heterocycles. The molecule has 3 heteroatoms. The van der Waals surface area contributed by atoms with E-state index in [1.54, 1.807) is 0 Å². The zero-order chi connectivity index (χ0) is 14.4. The zero-order valence-corrected chi connectivity index (χ0v) is 12.8. The molecule has 0 amide bonds. The predicted molar refractivity (Wildman–Crippen MR) is 86.4 cm³/mol. The summed E-state index contributed by atoms with van der Waals surface area (Å²) in [5, 5.41) is 0. The van der Waals surface area contributed by atoms with Gasteiger partial charge in [0.25, 0.3) is 0 Å². The van der Waals surface area contributed by atoms with Crippen LogP contribution < -0.4 is 16.4 Å². The smallest absolute Gasteiger partial charge is 0.0568 e. The molecule has 19 heavy (non-hydrogen) atoms. The lowest BCUT2D eigenvalue weighted by Crippen LogP contribution is -2.35. The first-order chi connectivity index (χ1) is 9.08. The van der Waals surface area contributed by atoms with Gasteiger partial charge in [-0.3, -0.25) is 0 Å². The van der Waals surface area contributed by atoms with E-state index in [1.807, 2.05) is 26.0 Å². The summed E-state index contributed by atoms with van der Waals surface area (Å²) in [4.78, 5) is 2.41. The Morgan fingerprint density at radius 2 is 1.63 bits per heavy atom. The van der Waals surface area contributed by atoms with Crippen molar-refractivity contribution in [3.8, 4) is 0 Å². The van der Waals surface area contributed by atoms with Gasteiger partial charge in [-0.2, -0.15) is 0 Å². The molecule has 1 heterocycles. The minimum atomic E-state index is 0.672. The molecule has 3 nitrogen and oxygen atoms in total. The second-order valence-electron chi connectivity index (χ2n) is 5.38. The molecule has 1 aromatic rings. The molecule has 0 spiro atoms. The van der Waals surface area contributed by atoms with Crippen molar-refractivity contribution in [2.75, 3.05) is 29.5 Å². The third-order valence-electron chi connectivity index (χ3n) is 3.92. The van der Waals surface area contributed by atoms with Crippen LogP contribution in [-0.2, 0) is 0 Å². The second kappa shape index (κ2) is 7.27. The number of hydrogen-bond acceptors (Lipinski definition) is 3. The van der Waals surface area contributed by atoms with Crippen molar-refractivity contribution in [1.82, 2.24) is 0 Å². The van der Waals surface area contributed by atoms with Gasteiger partial charge < -0.3 is 16.4 Å². The zero-order valence-electron chi connectivity index (χ0n) is 12.8. The highest BCUT2D eigenvalue weighted by Gasteiger charge is 2.21. The lowest BCUT2D eigenvalue weighted by Gasteiger charge is -2.35. The lowest BCUT2D eigenvalue weighted by molar-refractivity contribution is 0.311. The highest BCUT2D eigenvalue weighted by molar-refractivity contribution is 5.69. The molecule has 0 saturated carbocycles. The molecule has 4 N–H and O–H groups in total. The third-order valence-corrected chi connectivity index (χ3v) is 3.92. The number of nitrogen functional groups attached to an aromatic ring is 2. The average Bonchev–Trinajstić information content (AvgIpc) is 2.44. The fraction of sp³-hybridized carbons (Fsp3) is 0.625. The van der Waals surface area contributed by atoms with E-state index < -0.39 is 0 Å². The van der Waals surface area contributed by atoms with Gasteiger partial charge in [0.2, 0.25) is 0 Å². The van der Waals surface area contributed by atoms with Gasteiger partial charge in [-0.15, -0.1) is 0 Å². The van der Waals surface area contributed by atoms with Crippen molar-refractivity contribution in [3.05, 3.63) is 18.2 Å². The molecular weight excluding hydrogens is 234 g/mol. The van der Waals surface area contributed by atoms with Gasteiger partial charge in [0.15, 0.2) is 0 Å². The maximum absolute atomic E-state index is 5.85. The van der Waals surface area contributed by atoms with Crippen molar-refractivity contribution in [2.24, 2.45) is 11.8 Å². The van der Waals surface area contributed by atoms with Crippen molar-refractivity contribution in [3.63, 3.8) is 0 Å². The van der Waals surface area contributed by atoms with Crippen LogP contribution in [0.2, 0.25) is 0 Å². The van der Waals surface area contributed by atoms with Crippen molar-refractivity contribution >= 4 is 17.1 Å². The molecule has 0 radical (unpaired) electrons. The molecule has 2 rings (SSSR count). The minimum Gasteiger partial charge on any atom is -0.397 e. The number of nitrogens with zero attached hydrogens (tertiary/aromatic N) is 1. The van der Waals surface area contributed by atoms with Gasteiger partial charge in [-0.1, -0.05) is 27.7 Å². The Morgan fingerprint density at radius 1 is 1.05 bits per heavy atom. The first-order valence-corrected chi connectivity index (χ1v) is 7.48. The number of piperidine rings is 1. The quantitative estimate of drug-likeness (QED) is 0.799. The highest BCUT2D eigenvalue weighted by Crippen LogP contribution is 2.29. The molecule has 108 valence electrons. The molecule has 0 unspecified atom stereocenters. The topological polar surface area (TPSA) is 55.3 Å². The Balaban J connectivity index is 0.000000861. The van der Waals surface area contributed by atoms with E-state index in [9.17, 15) is 0 Å². The van der Waals surface area contributed by atoms with E-state index in [-0.39, 0.29) is 0 Å². The fourth-order valence-electron chi connectivity index (χ4n) is 2.58. The van der Waals surface area contributed by atoms with E-state index in [0.29, 0.717) is 11.4 Å². The maximum atomic E-state index is 5.85. The molecule has 1 aliphatic rings. The Kier molecular flexibility index (Phi) is 6.00. The molecule has 0 aliphatic carbocycles. The minimum absolute atomic E-state index is 0.672. The largest absolute Gasteiger partial charge is 0.397 e. The molecule has 0 atom stereocenters. The molecular formula is C16H29N3. The monoisotopic (exact) mass is 263 g/mol. The molecule has 1 fully saturated rings. The normalized spacial score (nSPS) is 16.2. The second-order valence-corrected chi connectivity index (χ2v) is 5.38. The summed E-state index contributed by atoms with van der Waals surface area (Å²) in [5.74, 6) is 1.67. The number of benzene rings is 1. The van der Waals surface area contributed by atoms with Gasteiger partial charge >= 0.3 is 0 Å². The summed E-state index contributed by atoms with van der Waals surface area (Å²) in [6.07, 6.45) is 2.56. The Hall–Kier alpha value is -1.38. The Bertz CT molecular complexity index is 380. The number of anilines is 3. The van der Waals surface area contributed by atoms with Crippen molar-refractivity contribution in [2.45, 2.75) is 40.5 Å². The molecule has 0 aromatic heterocycles. The lowest BCUT2D eigenvalue weighted by atomic mass is 9.86. The molecule has 0 bridgehead atoms. The summed E-state index contributed by atoms with van der Waals surface area (Å²) < 4.78 is 0. The summed E-state index contributed by atoms with van der Waals surface area (Å²) in [6.45, 7) is 10.9.